The first-order valence-corrected chi connectivity index (χ1v) is 7.48. The quantitative estimate of drug-likeness (QED) is 0.607. The van der Waals surface area contributed by atoms with Crippen LogP contribution in [0.5, 0.6) is 11.5 Å². The van der Waals surface area contributed by atoms with Crippen molar-refractivity contribution in [3.63, 3.8) is 0 Å². The van der Waals surface area contributed by atoms with E-state index in [1.807, 2.05) is 12.1 Å². The number of urea groups is 1. The number of benzene rings is 1. The Morgan fingerprint density at radius 1 is 1.26 bits per heavy atom. The van der Waals surface area contributed by atoms with Gasteiger partial charge in [0, 0.05) is 22.8 Å². The summed E-state index contributed by atoms with van der Waals surface area (Å²) in [4.78, 5) is 26.2. The standard InChI is InChI=1S/C14H13BrN4O4/c15-9-4-10(16-6-9)13(20)18-19-14(21)17-5-8-2-1-3-11-12(8)23-7-22-11/h1-4,6,16H,5,7H2,(H,18,20)(H2,17,19,21). The number of fused-ring (bicyclic) bond motifs is 1. The van der Waals surface area contributed by atoms with E-state index in [0.29, 0.717) is 17.2 Å². The topological polar surface area (TPSA) is 104 Å². The summed E-state index contributed by atoms with van der Waals surface area (Å²) in [6.45, 7) is 0.405. The zero-order valence-corrected chi connectivity index (χ0v) is 13.4. The second kappa shape index (κ2) is 6.61. The first-order chi connectivity index (χ1) is 11.1. The number of halogens is 1. The van der Waals surface area contributed by atoms with Gasteiger partial charge in [0.25, 0.3) is 5.91 Å². The normalized spacial score (nSPS) is 11.9. The van der Waals surface area contributed by atoms with Gasteiger partial charge in [0.15, 0.2) is 11.5 Å². The van der Waals surface area contributed by atoms with Crippen LogP contribution >= 0.6 is 15.9 Å². The maximum Gasteiger partial charge on any atom is 0.333 e. The van der Waals surface area contributed by atoms with Gasteiger partial charge in [-0.25, -0.2) is 10.2 Å². The van der Waals surface area contributed by atoms with E-state index in [2.05, 4.69) is 37.1 Å². The largest absolute Gasteiger partial charge is 0.454 e. The van der Waals surface area contributed by atoms with Crippen LogP contribution in [0.4, 0.5) is 4.79 Å². The Kier molecular flexibility index (Phi) is 4.38. The Labute approximate surface area is 139 Å². The van der Waals surface area contributed by atoms with Crippen LogP contribution in [-0.2, 0) is 6.54 Å². The highest BCUT2D eigenvalue weighted by atomic mass is 79.9. The number of nitrogens with one attached hydrogen (secondary N) is 4. The van der Waals surface area contributed by atoms with Gasteiger partial charge in [-0.1, -0.05) is 12.1 Å². The fraction of sp³-hybridized carbons (Fsp3) is 0.143. The SMILES string of the molecule is O=C(NCc1cccc2c1OCO2)NNC(=O)c1cc(Br)c[nH]1. The summed E-state index contributed by atoms with van der Waals surface area (Å²) in [5, 5.41) is 2.62. The molecule has 0 radical (unpaired) electrons. The Hall–Kier alpha value is -2.68. The maximum atomic E-state index is 11.7. The third-order valence-corrected chi connectivity index (χ3v) is 3.56. The molecule has 1 aliphatic heterocycles. The van der Waals surface area contributed by atoms with Gasteiger partial charge in [-0.3, -0.25) is 10.2 Å². The number of hydrogen-bond donors (Lipinski definition) is 4. The molecule has 0 unspecified atom stereocenters. The van der Waals surface area contributed by atoms with Crippen molar-refractivity contribution in [1.82, 2.24) is 21.2 Å². The van der Waals surface area contributed by atoms with Crippen molar-refractivity contribution in [2.24, 2.45) is 0 Å². The van der Waals surface area contributed by atoms with Crippen molar-refractivity contribution in [2.45, 2.75) is 6.54 Å². The number of para-hydroxylation sites is 1. The van der Waals surface area contributed by atoms with Gasteiger partial charge < -0.3 is 19.8 Å². The van der Waals surface area contributed by atoms with Crippen LogP contribution in [0, 0.1) is 0 Å². The van der Waals surface area contributed by atoms with Crippen molar-refractivity contribution in [2.75, 3.05) is 6.79 Å². The van der Waals surface area contributed by atoms with Crippen molar-refractivity contribution >= 4 is 27.9 Å². The predicted octanol–water partition coefficient (Wildman–Crippen LogP) is 1.65. The first-order valence-electron chi connectivity index (χ1n) is 6.69. The molecule has 23 heavy (non-hydrogen) atoms. The molecule has 1 aromatic heterocycles. The van der Waals surface area contributed by atoms with Crippen LogP contribution in [-0.4, -0.2) is 23.7 Å². The Morgan fingerprint density at radius 2 is 2.13 bits per heavy atom. The van der Waals surface area contributed by atoms with Crippen molar-refractivity contribution < 1.29 is 19.1 Å². The van der Waals surface area contributed by atoms with Crippen LogP contribution < -0.4 is 25.6 Å². The lowest BCUT2D eigenvalue weighted by atomic mass is 10.2. The maximum absolute atomic E-state index is 11.7. The highest BCUT2D eigenvalue weighted by Crippen LogP contribution is 2.35. The molecular formula is C14H13BrN4O4. The minimum absolute atomic E-state index is 0.167. The zero-order valence-electron chi connectivity index (χ0n) is 11.8. The highest BCUT2D eigenvalue weighted by Gasteiger charge is 2.17. The van der Waals surface area contributed by atoms with E-state index in [0.717, 1.165) is 10.0 Å². The minimum Gasteiger partial charge on any atom is -0.454 e. The lowest BCUT2D eigenvalue weighted by molar-refractivity contribution is 0.0931. The molecule has 120 valence electrons. The second-order valence-electron chi connectivity index (χ2n) is 4.64. The summed E-state index contributed by atoms with van der Waals surface area (Å²) in [5.41, 5.74) is 5.67. The summed E-state index contributed by atoms with van der Waals surface area (Å²) in [5.74, 6) is 0.812. The van der Waals surface area contributed by atoms with Crippen molar-refractivity contribution in [1.29, 1.82) is 0 Å². The molecule has 0 saturated heterocycles. The van der Waals surface area contributed by atoms with E-state index < -0.39 is 11.9 Å². The lowest BCUT2D eigenvalue weighted by Crippen LogP contribution is -2.46. The number of ether oxygens (including phenoxy) is 2. The average Bonchev–Trinajstić information content (AvgIpc) is 3.19. The smallest absolute Gasteiger partial charge is 0.333 e. The number of carbonyl (C=O) groups is 2. The number of aromatic amines is 1. The van der Waals surface area contributed by atoms with Crippen molar-refractivity contribution in [3.8, 4) is 11.5 Å². The number of amides is 3. The summed E-state index contributed by atoms with van der Waals surface area (Å²) >= 11 is 3.22. The number of rotatable bonds is 3. The van der Waals surface area contributed by atoms with Gasteiger partial charge >= 0.3 is 6.03 Å². The fourth-order valence-corrected chi connectivity index (χ4v) is 2.37. The van der Waals surface area contributed by atoms with Gasteiger partial charge in [0.2, 0.25) is 6.79 Å². The molecule has 0 bridgehead atoms. The van der Waals surface area contributed by atoms with Crippen LogP contribution in [0.25, 0.3) is 0 Å². The molecule has 2 heterocycles. The summed E-state index contributed by atoms with van der Waals surface area (Å²) in [6, 6.07) is 6.48. The highest BCUT2D eigenvalue weighted by molar-refractivity contribution is 9.10. The molecule has 2 aromatic rings. The van der Waals surface area contributed by atoms with Gasteiger partial charge in [0.1, 0.15) is 5.69 Å². The molecule has 0 fully saturated rings. The third-order valence-electron chi connectivity index (χ3n) is 3.10. The minimum atomic E-state index is -0.541. The average molecular weight is 381 g/mol. The Morgan fingerprint density at radius 3 is 2.91 bits per heavy atom. The molecule has 3 amide bonds. The van der Waals surface area contributed by atoms with Gasteiger partial charge in [-0.2, -0.15) is 0 Å². The van der Waals surface area contributed by atoms with E-state index in [9.17, 15) is 9.59 Å². The molecule has 0 saturated carbocycles. The number of aromatic nitrogens is 1. The van der Waals surface area contributed by atoms with Crippen LogP contribution in [0.15, 0.2) is 34.9 Å². The summed E-state index contributed by atoms with van der Waals surface area (Å²) in [6.07, 6.45) is 1.62. The van der Waals surface area contributed by atoms with Crippen LogP contribution in [0.3, 0.4) is 0 Å². The molecular weight excluding hydrogens is 368 g/mol. The summed E-state index contributed by atoms with van der Waals surface area (Å²) in [7, 11) is 0. The monoisotopic (exact) mass is 380 g/mol. The van der Waals surface area contributed by atoms with E-state index in [-0.39, 0.29) is 13.3 Å². The van der Waals surface area contributed by atoms with E-state index >= 15 is 0 Å². The fourth-order valence-electron chi connectivity index (χ4n) is 2.03. The van der Waals surface area contributed by atoms with Crippen LogP contribution in [0.1, 0.15) is 16.1 Å². The first kappa shape index (κ1) is 15.2. The van der Waals surface area contributed by atoms with E-state index in [1.165, 1.54) is 0 Å². The molecule has 3 rings (SSSR count). The molecule has 8 nitrogen and oxygen atoms in total. The predicted molar refractivity (Wildman–Crippen MR) is 83.9 cm³/mol. The van der Waals surface area contributed by atoms with Gasteiger partial charge in [-0.05, 0) is 28.1 Å². The molecule has 0 atom stereocenters. The number of hydrogen-bond acceptors (Lipinski definition) is 4. The van der Waals surface area contributed by atoms with E-state index in [1.54, 1.807) is 18.3 Å². The molecule has 1 aromatic carbocycles. The third kappa shape index (κ3) is 3.57. The second-order valence-corrected chi connectivity index (χ2v) is 5.56. The zero-order chi connectivity index (χ0) is 16.2. The van der Waals surface area contributed by atoms with E-state index in [4.69, 9.17) is 9.47 Å². The molecule has 0 aliphatic carbocycles. The molecule has 4 N–H and O–H groups in total. The number of carbonyl (C=O) groups excluding carboxylic acids is 2. The molecule has 1 aliphatic rings. The van der Waals surface area contributed by atoms with Gasteiger partial charge in [-0.15, -0.1) is 0 Å². The Balaban J connectivity index is 1.49. The molecule has 9 heteroatoms. The summed E-state index contributed by atoms with van der Waals surface area (Å²) < 4.78 is 11.4. The van der Waals surface area contributed by atoms with Gasteiger partial charge in [0.05, 0.1) is 0 Å². The number of H-pyrrole nitrogens is 1. The lowest BCUT2D eigenvalue weighted by Gasteiger charge is -2.09. The number of hydrazine groups is 1. The van der Waals surface area contributed by atoms with Crippen molar-refractivity contribution in [3.05, 3.63) is 46.2 Å². The molecule has 0 spiro atoms. The van der Waals surface area contributed by atoms with Crippen LogP contribution in [0.2, 0.25) is 0 Å². The Bertz CT molecular complexity index is 746.